The Morgan fingerprint density at radius 2 is 2.00 bits per heavy atom. The van der Waals surface area contributed by atoms with Gasteiger partial charge in [-0.1, -0.05) is 0 Å². The number of methoxy groups -OCH3 is 1. The number of imidazole rings is 1. The number of ether oxygens (including phenoxy) is 2. The van der Waals surface area contributed by atoms with Gasteiger partial charge >= 0.3 is 0 Å². The van der Waals surface area contributed by atoms with Crippen molar-refractivity contribution in [2.45, 2.75) is 25.5 Å². The van der Waals surface area contributed by atoms with Gasteiger partial charge in [-0.05, 0) is 13.8 Å². The molecular formula is C21H27F2N9O2. The average molecular weight is 476 g/mol. The highest BCUT2D eigenvalue weighted by Gasteiger charge is 2.30. The lowest BCUT2D eigenvalue weighted by atomic mass is 10.1. The molecule has 0 radical (unpaired) electrons. The molecule has 1 fully saturated rings. The third-order valence-electron chi connectivity index (χ3n) is 5.08. The third kappa shape index (κ3) is 5.72. The summed E-state index contributed by atoms with van der Waals surface area (Å²) in [7, 11) is 3.32. The fourth-order valence-electron chi connectivity index (χ4n) is 3.60. The van der Waals surface area contributed by atoms with Crippen LogP contribution in [0.5, 0.6) is 0 Å². The summed E-state index contributed by atoms with van der Waals surface area (Å²) in [6.07, 6.45) is 4.37. The average Bonchev–Trinajstić information content (AvgIpc) is 3.17. The van der Waals surface area contributed by atoms with Gasteiger partial charge in [-0.25, -0.2) is 13.8 Å². The first-order valence-electron chi connectivity index (χ1n) is 10.7. The number of anilines is 4. The Hall–Kier alpha value is -3.45. The lowest BCUT2D eigenvalue weighted by Gasteiger charge is -2.38. The molecule has 11 nitrogen and oxygen atoms in total. The molecule has 34 heavy (non-hydrogen) atoms. The van der Waals surface area contributed by atoms with E-state index in [0.29, 0.717) is 31.5 Å². The van der Waals surface area contributed by atoms with Crippen molar-refractivity contribution in [3.8, 4) is 0 Å². The molecule has 3 aromatic rings. The van der Waals surface area contributed by atoms with Crippen molar-refractivity contribution in [1.29, 1.82) is 0 Å². The van der Waals surface area contributed by atoms with Crippen LogP contribution in [-0.2, 0) is 16.5 Å². The quantitative estimate of drug-likeness (QED) is 0.503. The van der Waals surface area contributed by atoms with Crippen molar-refractivity contribution in [2.75, 3.05) is 48.9 Å². The van der Waals surface area contributed by atoms with Gasteiger partial charge < -0.3 is 29.6 Å². The van der Waals surface area contributed by atoms with Gasteiger partial charge in [0.05, 0.1) is 37.4 Å². The molecule has 0 saturated carbocycles. The van der Waals surface area contributed by atoms with E-state index in [1.807, 2.05) is 25.8 Å². The second-order valence-corrected chi connectivity index (χ2v) is 8.53. The molecule has 1 aliphatic heterocycles. The standard InChI is InChI=1S/C21H27F2N9O2/c1-21(2)11-32(5-6-34-21)20-29-18(28-19(30-20)27-16-9-31(3)12-25-16)26-15(10-33-4)17-14(23)7-13(22)8-24-17/h7-9,12,15H,5-6,10-11H2,1-4H3,(H2,26,27,28,29,30)/t15-/m0/s1. The Kier molecular flexibility index (Phi) is 6.84. The highest BCUT2D eigenvalue weighted by Crippen LogP contribution is 2.25. The Morgan fingerprint density at radius 1 is 1.21 bits per heavy atom. The first-order chi connectivity index (χ1) is 16.2. The normalized spacial score (nSPS) is 16.4. The summed E-state index contributed by atoms with van der Waals surface area (Å²) >= 11 is 0. The summed E-state index contributed by atoms with van der Waals surface area (Å²) in [6.45, 7) is 5.70. The van der Waals surface area contributed by atoms with E-state index in [0.717, 1.165) is 12.3 Å². The van der Waals surface area contributed by atoms with Crippen LogP contribution >= 0.6 is 0 Å². The summed E-state index contributed by atoms with van der Waals surface area (Å²) in [4.78, 5) is 23.7. The zero-order valence-electron chi connectivity index (χ0n) is 19.4. The molecule has 182 valence electrons. The van der Waals surface area contributed by atoms with Gasteiger partial charge in [0.1, 0.15) is 17.3 Å². The first kappa shape index (κ1) is 23.7. The molecule has 1 saturated heterocycles. The van der Waals surface area contributed by atoms with Gasteiger partial charge in [-0.15, -0.1) is 0 Å². The summed E-state index contributed by atoms with van der Waals surface area (Å²) in [5, 5.41) is 6.12. The molecule has 1 aliphatic rings. The molecule has 1 atom stereocenters. The Morgan fingerprint density at radius 3 is 2.68 bits per heavy atom. The van der Waals surface area contributed by atoms with E-state index >= 15 is 0 Å². The van der Waals surface area contributed by atoms with E-state index in [4.69, 9.17) is 9.47 Å². The zero-order valence-corrected chi connectivity index (χ0v) is 19.4. The number of morpholine rings is 1. The number of pyridine rings is 1. The highest BCUT2D eigenvalue weighted by molar-refractivity contribution is 5.52. The predicted octanol–water partition coefficient (Wildman–Crippen LogP) is 2.44. The van der Waals surface area contributed by atoms with Crippen LogP contribution in [0.2, 0.25) is 0 Å². The van der Waals surface area contributed by atoms with Crippen LogP contribution in [0.15, 0.2) is 24.8 Å². The van der Waals surface area contributed by atoms with Gasteiger partial charge in [0.2, 0.25) is 17.8 Å². The van der Waals surface area contributed by atoms with Crippen LogP contribution in [-0.4, -0.2) is 68.5 Å². The SMILES string of the molecule is COC[C@H](Nc1nc(Nc2cn(C)cn2)nc(N2CCOC(C)(C)C2)n1)c1ncc(F)cc1F. The minimum Gasteiger partial charge on any atom is -0.382 e. The lowest BCUT2D eigenvalue weighted by Crippen LogP contribution is -2.49. The van der Waals surface area contributed by atoms with E-state index in [2.05, 4.69) is 35.6 Å². The molecule has 4 heterocycles. The summed E-state index contributed by atoms with van der Waals surface area (Å²) in [5.41, 5.74) is -0.399. The molecule has 2 N–H and O–H groups in total. The highest BCUT2D eigenvalue weighted by atomic mass is 19.1. The van der Waals surface area contributed by atoms with E-state index in [1.165, 1.54) is 7.11 Å². The largest absolute Gasteiger partial charge is 0.382 e. The van der Waals surface area contributed by atoms with Crippen molar-refractivity contribution in [3.05, 3.63) is 42.1 Å². The Balaban J connectivity index is 1.68. The Bertz CT molecular complexity index is 1140. The number of hydrogen-bond donors (Lipinski definition) is 2. The Labute approximate surface area is 195 Å². The van der Waals surface area contributed by atoms with Crippen molar-refractivity contribution in [1.82, 2.24) is 29.5 Å². The second kappa shape index (κ2) is 9.81. The summed E-state index contributed by atoms with van der Waals surface area (Å²) in [6, 6.07) is -0.000250. The fourth-order valence-corrected chi connectivity index (χ4v) is 3.60. The number of halogens is 2. The lowest BCUT2D eigenvalue weighted by molar-refractivity contribution is -0.0281. The smallest absolute Gasteiger partial charge is 0.235 e. The number of rotatable bonds is 8. The van der Waals surface area contributed by atoms with Crippen molar-refractivity contribution in [2.24, 2.45) is 7.05 Å². The van der Waals surface area contributed by atoms with Crippen LogP contribution in [0.3, 0.4) is 0 Å². The van der Waals surface area contributed by atoms with Crippen LogP contribution in [0.4, 0.5) is 32.4 Å². The van der Waals surface area contributed by atoms with E-state index < -0.39 is 17.7 Å². The fraction of sp³-hybridized carbons (Fsp3) is 0.476. The number of nitrogens with one attached hydrogen (secondary N) is 2. The molecule has 0 spiro atoms. The van der Waals surface area contributed by atoms with Gasteiger partial charge in [0.25, 0.3) is 0 Å². The summed E-state index contributed by atoms with van der Waals surface area (Å²) < 4.78 is 40.7. The topological polar surface area (TPSA) is 115 Å². The minimum absolute atomic E-state index is 0.0167. The maximum Gasteiger partial charge on any atom is 0.235 e. The molecule has 0 aliphatic carbocycles. The number of aromatic nitrogens is 6. The number of aryl methyl sites for hydroxylation is 1. The summed E-state index contributed by atoms with van der Waals surface area (Å²) in [5.74, 6) is -0.189. The number of nitrogens with zero attached hydrogens (tertiary/aromatic N) is 7. The van der Waals surface area contributed by atoms with Crippen LogP contribution < -0.4 is 15.5 Å². The molecular weight excluding hydrogens is 448 g/mol. The maximum atomic E-state index is 14.5. The minimum atomic E-state index is -0.800. The predicted molar refractivity (Wildman–Crippen MR) is 121 cm³/mol. The monoisotopic (exact) mass is 475 g/mol. The molecule has 0 amide bonds. The van der Waals surface area contributed by atoms with Gasteiger partial charge in [-0.3, -0.25) is 4.98 Å². The second-order valence-electron chi connectivity index (χ2n) is 8.53. The zero-order chi connectivity index (χ0) is 24.3. The van der Waals surface area contributed by atoms with E-state index in [-0.39, 0.29) is 29.8 Å². The molecule has 3 aromatic heterocycles. The van der Waals surface area contributed by atoms with Gasteiger partial charge in [0, 0.05) is 39.5 Å². The molecule has 0 bridgehead atoms. The molecule has 4 rings (SSSR count). The van der Waals surface area contributed by atoms with E-state index in [1.54, 1.807) is 17.1 Å². The van der Waals surface area contributed by atoms with Crippen molar-refractivity contribution >= 4 is 23.7 Å². The van der Waals surface area contributed by atoms with Crippen LogP contribution in [0, 0.1) is 11.6 Å². The van der Waals surface area contributed by atoms with Crippen LogP contribution in [0.1, 0.15) is 25.6 Å². The maximum absolute atomic E-state index is 14.5. The van der Waals surface area contributed by atoms with Crippen molar-refractivity contribution in [3.63, 3.8) is 0 Å². The van der Waals surface area contributed by atoms with E-state index in [9.17, 15) is 8.78 Å². The van der Waals surface area contributed by atoms with Gasteiger partial charge in [0.15, 0.2) is 5.82 Å². The first-order valence-corrected chi connectivity index (χ1v) is 10.7. The van der Waals surface area contributed by atoms with Crippen LogP contribution in [0.25, 0.3) is 0 Å². The molecule has 0 aromatic carbocycles. The molecule has 0 unspecified atom stereocenters. The van der Waals surface area contributed by atoms with Gasteiger partial charge in [-0.2, -0.15) is 15.0 Å². The molecule has 13 heteroatoms. The number of hydrogen-bond acceptors (Lipinski definition) is 10. The van der Waals surface area contributed by atoms with Crippen molar-refractivity contribution < 1.29 is 18.3 Å². The third-order valence-corrected chi connectivity index (χ3v) is 5.08.